The summed E-state index contributed by atoms with van der Waals surface area (Å²) in [7, 11) is 0. The summed E-state index contributed by atoms with van der Waals surface area (Å²) >= 11 is 5.10. The number of para-hydroxylation sites is 2. The minimum absolute atomic E-state index is 0.0234. The van der Waals surface area contributed by atoms with Crippen LogP contribution in [0.3, 0.4) is 0 Å². The molecule has 5 heteroatoms. The lowest BCUT2D eigenvalue weighted by Gasteiger charge is -2.25. The third-order valence-corrected chi connectivity index (χ3v) is 4.90. The van der Waals surface area contributed by atoms with Crippen LogP contribution < -0.4 is 10.6 Å². The molecule has 0 spiro atoms. The number of nitrogens with zero attached hydrogens (tertiary/aromatic N) is 1. The van der Waals surface area contributed by atoms with Gasteiger partial charge in [-0.2, -0.15) is 0 Å². The van der Waals surface area contributed by atoms with Gasteiger partial charge in [0, 0.05) is 4.47 Å². The third kappa shape index (κ3) is 2.43. The minimum Gasteiger partial charge on any atom is -0.397 e. The molecule has 3 nitrogen and oxygen atoms in total. The Balaban J connectivity index is 2.03. The van der Waals surface area contributed by atoms with Gasteiger partial charge < -0.3 is 5.73 Å². The number of rotatable bonds is 2. The highest BCUT2D eigenvalue weighted by molar-refractivity contribution is 9.10. The SMILES string of the molecule is Nc1ccccc1N1C(=O)CSC1c1cccc(Br)c1. The van der Waals surface area contributed by atoms with Gasteiger partial charge >= 0.3 is 0 Å². The molecule has 1 aliphatic heterocycles. The van der Waals surface area contributed by atoms with Crippen LogP contribution in [0.2, 0.25) is 0 Å². The number of hydrogen-bond donors (Lipinski definition) is 1. The second kappa shape index (κ2) is 5.50. The van der Waals surface area contributed by atoms with Crippen LogP contribution in [0.4, 0.5) is 11.4 Å². The Morgan fingerprint density at radius 2 is 2.00 bits per heavy atom. The Kier molecular flexibility index (Phi) is 3.72. The molecule has 1 aliphatic rings. The number of hydrogen-bond acceptors (Lipinski definition) is 3. The maximum absolute atomic E-state index is 12.2. The molecule has 0 radical (unpaired) electrons. The number of nitrogens with two attached hydrogens (primary N) is 1. The van der Waals surface area contributed by atoms with Crippen molar-refractivity contribution in [3.8, 4) is 0 Å². The second-order valence-corrected chi connectivity index (χ2v) is 6.53. The Morgan fingerprint density at radius 3 is 2.75 bits per heavy atom. The Hall–Kier alpha value is -1.46. The van der Waals surface area contributed by atoms with Crippen molar-refractivity contribution in [3.05, 3.63) is 58.6 Å². The number of thioether (sulfide) groups is 1. The summed E-state index contributed by atoms with van der Waals surface area (Å²) in [5.41, 5.74) is 8.53. The average Bonchev–Trinajstić information content (AvgIpc) is 2.81. The van der Waals surface area contributed by atoms with Crippen LogP contribution in [0.25, 0.3) is 0 Å². The van der Waals surface area contributed by atoms with Crippen LogP contribution in [-0.4, -0.2) is 11.7 Å². The van der Waals surface area contributed by atoms with Gasteiger partial charge in [-0.05, 0) is 29.8 Å². The lowest BCUT2D eigenvalue weighted by Crippen LogP contribution is -2.28. The first-order valence-corrected chi connectivity index (χ1v) is 8.04. The fourth-order valence-electron chi connectivity index (χ4n) is 2.30. The molecule has 0 aromatic heterocycles. The van der Waals surface area contributed by atoms with E-state index in [1.54, 1.807) is 16.7 Å². The lowest BCUT2D eigenvalue weighted by atomic mass is 10.1. The van der Waals surface area contributed by atoms with Gasteiger partial charge in [-0.25, -0.2) is 0 Å². The number of nitrogen functional groups attached to an aromatic ring is 1. The molecule has 3 rings (SSSR count). The summed E-state index contributed by atoms with van der Waals surface area (Å²) in [6, 6.07) is 15.5. The molecule has 0 aliphatic carbocycles. The maximum atomic E-state index is 12.2. The van der Waals surface area contributed by atoms with E-state index in [1.165, 1.54) is 0 Å². The molecule has 1 saturated heterocycles. The molecule has 1 fully saturated rings. The van der Waals surface area contributed by atoms with Crippen LogP contribution >= 0.6 is 27.7 Å². The Labute approximate surface area is 130 Å². The van der Waals surface area contributed by atoms with Crippen molar-refractivity contribution in [2.45, 2.75) is 5.37 Å². The monoisotopic (exact) mass is 348 g/mol. The average molecular weight is 349 g/mol. The van der Waals surface area contributed by atoms with Gasteiger partial charge in [0.1, 0.15) is 5.37 Å². The number of carbonyl (C=O) groups is 1. The van der Waals surface area contributed by atoms with E-state index >= 15 is 0 Å². The number of benzene rings is 2. The van der Waals surface area contributed by atoms with Gasteiger partial charge in [0.05, 0.1) is 17.1 Å². The number of carbonyl (C=O) groups excluding carboxylic acids is 1. The van der Waals surface area contributed by atoms with Crippen LogP contribution in [0.1, 0.15) is 10.9 Å². The first-order chi connectivity index (χ1) is 9.66. The molecular formula is C15H13BrN2OS. The fraction of sp³-hybridized carbons (Fsp3) is 0.133. The zero-order chi connectivity index (χ0) is 14.1. The number of amides is 1. The van der Waals surface area contributed by atoms with Crippen LogP contribution in [0.15, 0.2) is 53.0 Å². The minimum atomic E-state index is -0.0234. The zero-order valence-electron chi connectivity index (χ0n) is 10.6. The van der Waals surface area contributed by atoms with Crippen molar-refractivity contribution in [1.82, 2.24) is 0 Å². The standard InChI is InChI=1S/C15H13BrN2OS/c16-11-5-3-4-10(8-11)15-18(14(19)9-20-15)13-7-2-1-6-12(13)17/h1-8,15H,9,17H2. The molecule has 1 heterocycles. The van der Waals surface area contributed by atoms with E-state index in [4.69, 9.17) is 5.73 Å². The van der Waals surface area contributed by atoms with Crippen LogP contribution in [0.5, 0.6) is 0 Å². The molecular weight excluding hydrogens is 336 g/mol. The molecule has 102 valence electrons. The van der Waals surface area contributed by atoms with E-state index in [2.05, 4.69) is 15.9 Å². The van der Waals surface area contributed by atoms with E-state index < -0.39 is 0 Å². The third-order valence-electron chi connectivity index (χ3n) is 3.20. The maximum Gasteiger partial charge on any atom is 0.238 e. The summed E-state index contributed by atoms with van der Waals surface area (Å²) in [6.45, 7) is 0. The molecule has 2 N–H and O–H groups in total. The summed E-state index contributed by atoms with van der Waals surface area (Å²) in [4.78, 5) is 14.0. The van der Waals surface area contributed by atoms with Gasteiger partial charge in [0.25, 0.3) is 0 Å². The van der Waals surface area contributed by atoms with Crippen LogP contribution in [-0.2, 0) is 4.79 Å². The highest BCUT2D eigenvalue weighted by atomic mass is 79.9. The van der Waals surface area contributed by atoms with Crippen molar-refractivity contribution in [3.63, 3.8) is 0 Å². The number of halogens is 1. The largest absolute Gasteiger partial charge is 0.397 e. The van der Waals surface area contributed by atoms with Gasteiger partial charge in [-0.3, -0.25) is 9.69 Å². The highest BCUT2D eigenvalue weighted by Gasteiger charge is 2.34. The van der Waals surface area contributed by atoms with Crippen molar-refractivity contribution < 1.29 is 4.79 Å². The molecule has 1 atom stereocenters. The Bertz CT molecular complexity index is 662. The Morgan fingerprint density at radius 1 is 1.20 bits per heavy atom. The van der Waals surface area contributed by atoms with Crippen LogP contribution in [0, 0.1) is 0 Å². The predicted molar refractivity (Wildman–Crippen MR) is 87.7 cm³/mol. The smallest absolute Gasteiger partial charge is 0.238 e. The lowest BCUT2D eigenvalue weighted by molar-refractivity contribution is -0.115. The van der Waals surface area contributed by atoms with Crippen molar-refractivity contribution in [2.24, 2.45) is 0 Å². The van der Waals surface area contributed by atoms with Crippen molar-refractivity contribution in [1.29, 1.82) is 0 Å². The van der Waals surface area contributed by atoms with E-state index in [-0.39, 0.29) is 11.3 Å². The second-order valence-electron chi connectivity index (χ2n) is 4.54. The van der Waals surface area contributed by atoms with Gasteiger partial charge in [-0.15, -0.1) is 11.8 Å². The van der Waals surface area contributed by atoms with Gasteiger partial charge in [-0.1, -0.05) is 40.2 Å². The van der Waals surface area contributed by atoms with E-state index in [1.807, 2.05) is 48.5 Å². The number of anilines is 2. The molecule has 0 saturated carbocycles. The summed E-state index contributed by atoms with van der Waals surface area (Å²) in [6.07, 6.45) is 0. The molecule has 1 amide bonds. The topological polar surface area (TPSA) is 46.3 Å². The summed E-state index contributed by atoms with van der Waals surface area (Å²) in [5.74, 6) is 0.573. The fourth-order valence-corrected chi connectivity index (χ4v) is 3.87. The summed E-state index contributed by atoms with van der Waals surface area (Å²) < 4.78 is 1.01. The molecule has 2 aromatic carbocycles. The first-order valence-electron chi connectivity index (χ1n) is 6.20. The first kappa shape index (κ1) is 13.5. The molecule has 2 aromatic rings. The predicted octanol–water partition coefficient (Wildman–Crippen LogP) is 3.81. The van der Waals surface area contributed by atoms with E-state index in [9.17, 15) is 4.79 Å². The van der Waals surface area contributed by atoms with Gasteiger partial charge in [0.15, 0.2) is 0 Å². The van der Waals surface area contributed by atoms with Crippen molar-refractivity contribution >= 4 is 45.0 Å². The van der Waals surface area contributed by atoms with Gasteiger partial charge in [0.2, 0.25) is 5.91 Å². The molecule has 0 bridgehead atoms. The summed E-state index contributed by atoms with van der Waals surface area (Å²) in [5, 5.41) is -0.0234. The quantitative estimate of drug-likeness (QED) is 0.839. The van der Waals surface area contributed by atoms with E-state index in [0.29, 0.717) is 11.4 Å². The molecule has 20 heavy (non-hydrogen) atoms. The van der Waals surface area contributed by atoms with E-state index in [0.717, 1.165) is 15.7 Å². The molecule has 1 unspecified atom stereocenters. The van der Waals surface area contributed by atoms with Crippen molar-refractivity contribution in [2.75, 3.05) is 16.4 Å². The normalized spacial score (nSPS) is 18.6. The highest BCUT2D eigenvalue weighted by Crippen LogP contribution is 2.43. The zero-order valence-corrected chi connectivity index (χ0v) is 13.0.